The maximum absolute atomic E-state index is 12.5. The Balaban J connectivity index is 1.43. The molecule has 0 saturated heterocycles. The van der Waals surface area contributed by atoms with Gasteiger partial charge in [0.25, 0.3) is 0 Å². The van der Waals surface area contributed by atoms with Crippen molar-refractivity contribution in [2.75, 3.05) is 13.3 Å². The third-order valence-corrected chi connectivity index (χ3v) is 5.21. The Bertz CT molecular complexity index is 915. The van der Waals surface area contributed by atoms with Crippen LogP contribution in [0.25, 0.3) is 0 Å². The van der Waals surface area contributed by atoms with Gasteiger partial charge >= 0.3 is 0 Å². The van der Waals surface area contributed by atoms with E-state index >= 15 is 0 Å². The zero-order chi connectivity index (χ0) is 19.5. The van der Waals surface area contributed by atoms with Gasteiger partial charge in [-0.3, -0.25) is 4.79 Å². The first-order valence-corrected chi connectivity index (χ1v) is 9.65. The minimum Gasteiger partial charge on any atom is -0.454 e. The number of hydrogen-bond donors (Lipinski definition) is 0. The molecular formula is C21H21ClN2O4. The molecule has 2 aromatic rings. The van der Waals surface area contributed by atoms with E-state index in [-0.39, 0.29) is 18.8 Å². The van der Waals surface area contributed by atoms with Crippen molar-refractivity contribution < 1.29 is 19.1 Å². The lowest BCUT2D eigenvalue weighted by Gasteiger charge is -2.25. The van der Waals surface area contributed by atoms with Gasteiger partial charge in [-0.1, -0.05) is 41.9 Å². The van der Waals surface area contributed by atoms with Crippen LogP contribution < -0.4 is 9.47 Å². The van der Waals surface area contributed by atoms with E-state index < -0.39 is 0 Å². The normalized spacial score (nSPS) is 17.2. The molecule has 146 valence electrons. The van der Waals surface area contributed by atoms with Crippen LogP contribution in [-0.4, -0.2) is 36.0 Å². The first-order chi connectivity index (χ1) is 13.6. The van der Waals surface area contributed by atoms with Crippen LogP contribution in [0, 0.1) is 0 Å². The summed E-state index contributed by atoms with van der Waals surface area (Å²) in [5.74, 6) is 1.50. The van der Waals surface area contributed by atoms with Crippen LogP contribution in [0.1, 0.15) is 30.9 Å². The fourth-order valence-electron chi connectivity index (χ4n) is 3.33. The summed E-state index contributed by atoms with van der Waals surface area (Å²) in [6.07, 6.45) is 0.848. The minimum atomic E-state index is -0.196. The molecule has 0 unspecified atom stereocenters. The van der Waals surface area contributed by atoms with Crippen LogP contribution in [0.3, 0.4) is 0 Å². The predicted octanol–water partition coefficient (Wildman–Crippen LogP) is 4.00. The number of fused-ring (bicyclic) bond motifs is 1. The maximum Gasteiger partial charge on any atom is 0.231 e. The van der Waals surface area contributed by atoms with Gasteiger partial charge in [0, 0.05) is 30.0 Å². The highest BCUT2D eigenvalue weighted by molar-refractivity contribution is 6.31. The molecule has 0 saturated carbocycles. The number of hydrogen-bond acceptors (Lipinski definition) is 5. The molecule has 2 aliphatic rings. The standard InChI is InChI=1S/C21H21ClN2O4/c1-2-21(25)24(11-15-5-3-4-6-17(15)22)12-16-10-18(23-28-16)14-7-8-19-20(9-14)27-13-26-19/h3-9,16H,2,10-13H2,1H3/t16-/m1/s1. The number of oxime groups is 1. The lowest BCUT2D eigenvalue weighted by atomic mass is 10.0. The van der Waals surface area contributed by atoms with E-state index in [1.165, 1.54) is 0 Å². The number of ether oxygens (including phenoxy) is 2. The van der Waals surface area contributed by atoms with E-state index in [1.807, 2.05) is 49.4 Å². The summed E-state index contributed by atoms with van der Waals surface area (Å²) in [6, 6.07) is 13.3. The molecule has 28 heavy (non-hydrogen) atoms. The number of carbonyl (C=O) groups excluding carboxylic acids is 1. The Morgan fingerprint density at radius 3 is 2.86 bits per heavy atom. The largest absolute Gasteiger partial charge is 0.454 e. The van der Waals surface area contributed by atoms with Crippen molar-refractivity contribution in [3.63, 3.8) is 0 Å². The van der Waals surface area contributed by atoms with Crippen molar-refractivity contribution in [2.24, 2.45) is 5.16 Å². The van der Waals surface area contributed by atoms with Crippen molar-refractivity contribution in [3.05, 3.63) is 58.6 Å². The summed E-state index contributed by atoms with van der Waals surface area (Å²) in [5, 5.41) is 4.89. The van der Waals surface area contributed by atoms with E-state index in [0.29, 0.717) is 36.7 Å². The lowest BCUT2D eigenvalue weighted by molar-refractivity contribution is -0.133. The average Bonchev–Trinajstić information content (AvgIpc) is 3.37. The average molecular weight is 401 g/mol. The monoisotopic (exact) mass is 400 g/mol. The minimum absolute atomic E-state index is 0.0556. The lowest BCUT2D eigenvalue weighted by Crippen LogP contribution is -2.37. The zero-order valence-corrected chi connectivity index (χ0v) is 16.3. The molecule has 1 amide bonds. The Morgan fingerprint density at radius 1 is 1.21 bits per heavy atom. The number of rotatable bonds is 6. The molecule has 4 rings (SSSR count). The number of halogens is 1. The molecule has 7 heteroatoms. The van der Waals surface area contributed by atoms with Crippen LogP contribution >= 0.6 is 11.6 Å². The van der Waals surface area contributed by atoms with Crippen molar-refractivity contribution in [1.29, 1.82) is 0 Å². The Hall–Kier alpha value is -2.73. The molecule has 0 N–H and O–H groups in total. The van der Waals surface area contributed by atoms with Crippen LogP contribution in [0.15, 0.2) is 47.6 Å². The molecule has 2 aromatic carbocycles. The van der Waals surface area contributed by atoms with Gasteiger partial charge in [-0.25, -0.2) is 0 Å². The highest BCUT2D eigenvalue weighted by Crippen LogP contribution is 2.33. The second-order valence-corrected chi connectivity index (χ2v) is 7.16. The van der Waals surface area contributed by atoms with Gasteiger partial charge in [0.2, 0.25) is 12.7 Å². The molecular weight excluding hydrogens is 380 g/mol. The number of carbonyl (C=O) groups is 1. The van der Waals surface area contributed by atoms with E-state index in [4.69, 9.17) is 25.9 Å². The van der Waals surface area contributed by atoms with Gasteiger partial charge in [0.05, 0.1) is 12.3 Å². The SMILES string of the molecule is CCC(=O)N(Cc1ccccc1Cl)C[C@H]1CC(c2ccc3c(c2)OCO3)=NO1. The van der Waals surface area contributed by atoms with E-state index in [2.05, 4.69) is 5.16 Å². The van der Waals surface area contributed by atoms with Crippen LogP contribution in [0.2, 0.25) is 5.02 Å². The molecule has 1 atom stereocenters. The van der Waals surface area contributed by atoms with Crippen molar-refractivity contribution in [3.8, 4) is 11.5 Å². The summed E-state index contributed by atoms with van der Waals surface area (Å²) < 4.78 is 10.8. The third-order valence-electron chi connectivity index (χ3n) is 4.84. The second-order valence-electron chi connectivity index (χ2n) is 6.76. The van der Waals surface area contributed by atoms with Crippen LogP contribution in [0.4, 0.5) is 0 Å². The van der Waals surface area contributed by atoms with Crippen LogP contribution in [-0.2, 0) is 16.2 Å². The number of amides is 1. The zero-order valence-electron chi connectivity index (χ0n) is 15.6. The summed E-state index contributed by atoms with van der Waals surface area (Å²) in [4.78, 5) is 19.9. The number of benzene rings is 2. The fraction of sp³-hybridized carbons (Fsp3) is 0.333. The molecule has 2 aliphatic heterocycles. The fourth-order valence-corrected chi connectivity index (χ4v) is 3.52. The summed E-state index contributed by atoms with van der Waals surface area (Å²) in [5.41, 5.74) is 2.69. The van der Waals surface area contributed by atoms with E-state index in [0.717, 1.165) is 22.6 Å². The molecule has 0 bridgehead atoms. The smallest absolute Gasteiger partial charge is 0.231 e. The summed E-state index contributed by atoms with van der Waals surface area (Å²) in [6.45, 7) is 2.99. The van der Waals surface area contributed by atoms with Crippen LogP contribution in [0.5, 0.6) is 11.5 Å². The highest BCUT2D eigenvalue weighted by atomic mass is 35.5. The van der Waals surface area contributed by atoms with Gasteiger partial charge in [-0.05, 0) is 29.8 Å². The maximum atomic E-state index is 12.5. The molecule has 0 radical (unpaired) electrons. The quantitative estimate of drug-likeness (QED) is 0.735. The first kappa shape index (κ1) is 18.6. The third kappa shape index (κ3) is 3.92. The van der Waals surface area contributed by atoms with Gasteiger partial charge < -0.3 is 19.2 Å². The Kier molecular flexibility index (Phi) is 5.39. The first-order valence-electron chi connectivity index (χ1n) is 9.28. The second kappa shape index (κ2) is 8.10. The summed E-state index contributed by atoms with van der Waals surface area (Å²) in [7, 11) is 0. The topological polar surface area (TPSA) is 60.4 Å². The molecule has 2 heterocycles. The Labute approximate surface area is 168 Å². The predicted molar refractivity (Wildman–Crippen MR) is 106 cm³/mol. The molecule has 0 fully saturated rings. The summed E-state index contributed by atoms with van der Waals surface area (Å²) >= 11 is 6.27. The van der Waals surface area contributed by atoms with E-state index in [9.17, 15) is 4.79 Å². The molecule has 0 aromatic heterocycles. The van der Waals surface area contributed by atoms with Crippen molar-refractivity contribution in [1.82, 2.24) is 4.90 Å². The van der Waals surface area contributed by atoms with Crippen molar-refractivity contribution >= 4 is 23.2 Å². The Morgan fingerprint density at radius 2 is 2.04 bits per heavy atom. The van der Waals surface area contributed by atoms with Crippen molar-refractivity contribution in [2.45, 2.75) is 32.4 Å². The highest BCUT2D eigenvalue weighted by Gasteiger charge is 2.27. The van der Waals surface area contributed by atoms with Gasteiger partial charge in [-0.2, -0.15) is 0 Å². The molecule has 6 nitrogen and oxygen atoms in total. The number of nitrogens with zero attached hydrogens (tertiary/aromatic N) is 2. The molecule has 0 aliphatic carbocycles. The van der Waals surface area contributed by atoms with Gasteiger partial charge in [0.1, 0.15) is 0 Å². The van der Waals surface area contributed by atoms with E-state index in [1.54, 1.807) is 4.90 Å². The molecule has 0 spiro atoms. The van der Waals surface area contributed by atoms with Gasteiger partial charge in [0.15, 0.2) is 17.6 Å². The van der Waals surface area contributed by atoms with Gasteiger partial charge in [-0.15, -0.1) is 0 Å².